The Morgan fingerprint density at radius 2 is 2.05 bits per heavy atom. The summed E-state index contributed by atoms with van der Waals surface area (Å²) in [6, 6.07) is 1.80. The summed E-state index contributed by atoms with van der Waals surface area (Å²) in [6.45, 7) is 6.86. The minimum Gasteiger partial charge on any atom is -0.481 e. The van der Waals surface area contributed by atoms with E-state index in [1.165, 1.54) is 0 Å². The van der Waals surface area contributed by atoms with Gasteiger partial charge in [-0.05, 0) is 30.4 Å². The maximum absolute atomic E-state index is 12.6. The zero-order chi connectivity index (χ0) is 15.6. The Kier molecular flexibility index (Phi) is 4.70. The first-order chi connectivity index (χ1) is 9.96. The van der Waals surface area contributed by atoms with Crippen LogP contribution in [0.5, 0.6) is 0 Å². The SMILES string of the molecule is CCc1cc(C(=O)N2CC(C)CC(C(=O)O)C2)oc1CC. The number of aryl methyl sites for hydroxylation is 2. The Labute approximate surface area is 124 Å². The largest absolute Gasteiger partial charge is 0.481 e. The highest BCUT2D eigenvalue weighted by atomic mass is 16.4. The zero-order valence-corrected chi connectivity index (χ0v) is 12.9. The highest BCUT2D eigenvalue weighted by molar-refractivity contribution is 5.92. The van der Waals surface area contributed by atoms with Crippen molar-refractivity contribution in [2.24, 2.45) is 11.8 Å². The van der Waals surface area contributed by atoms with Crippen molar-refractivity contribution in [2.75, 3.05) is 13.1 Å². The highest BCUT2D eigenvalue weighted by Crippen LogP contribution is 2.25. The molecule has 0 aromatic carbocycles. The number of nitrogens with zero attached hydrogens (tertiary/aromatic N) is 1. The van der Waals surface area contributed by atoms with Crippen molar-refractivity contribution in [3.8, 4) is 0 Å². The summed E-state index contributed by atoms with van der Waals surface area (Å²) in [7, 11) is 0. The Bertz CT molecular complexity index is 513. The third-order valence-corrected chi connectivity index (χ3v) is 4.11. The number of hydrogen-bond donors (Lipinski definition) is 1. The molecule has 116 valence electrons. The Morgan fingerprint density at radius 1 is 1.33 bits per heavy atom. The van der Waals surface area contributed by atoms with E-state index in [0.717, 1.165) is 24.2 Å². The molecule has 2 heterocycles. The quantitative estimate of drug-likeness (QED) is 0.926. The number of piperidine rings is 1. The molecule has 0 bridgehead atoms. The first kappa shape index (κ1) is 15.6. The number of carbonyl (C=O) groups excluding carboxylic acids is 1. The Balaban J connectivity index is 2.18. The predicted molar refractivity (Wildman–Crippen MR) is 78.3 cm³/mol. The molecule has 0 spiro atoms. The maximum atomic E-state index is 12.6. The number of carbonyl (C=O) groups is 2. The first-order valence-electron chi connectivity index (χ1n) is 7.59. The summed E-state index contributed by atoms with van der Waals surface area (Å²) in [5, 5.41) is 9.19. The number of carboxylic acid groups (broad SMARTS) is 1. The monoisotopic (exact) mass is 293 g/mol. The van der Waals surface area contributed by atoms with E-state index in [-0.39, 0.29) is 18.4 Å². The van der Waals surface area contributed by atoms with E-state index in [0.29, 0.717) is 18.7 Å². The van der Waals surface area contributed by atoms with E-state index in [9.17, 15) is 14.7 Å². The van der Waals surface area contributed by atoms with Gasteiger partial charge < -0.3 is 14.4 Å². The van der Waals surface area contributed by atoms with Crippen LogP contribution in [-0.2, 0) is 17.6 Å². The van der Waals surface area contributed by atoms with Crippen LogP contribution in [0, 0.1) is 11.8 Å². The second-order valence-electron chi connectivity index (χ2n) is 5.85. The van der Waals surface area contributed by atoms with Gasteiger partial charge in [-0.3, -0.25) is 9.59 Å². The second-order valence-corrected chi connectivity index (χ2v) is 5.85. The normalized spacial score (nSPS) is 22.3. The molecule has 0 saturated carbocycles. The van der Waals surface area contributed by atoms with E-state index in [2.05, 4.69) is 0 Å². The summed E-state index contributed by atoms with van der Waals surface area (Å²) in [5.41, 5.74) is 1.06. The van der Waals surface area contributed by atoms with Crippen LogP contribution in [0.3, 0.4) is 0 Å². The first-order valence-corrected chi connectivity index (χ1v) is 7.59. The Hall–Kier alpha value is -1.78. The fourth-order valence-electron chi connectivity index (χ4n) is 3.02. The number of amides is 1. The van der Waals surface area contributed by atoms with Crippen LogP contribution in [0.1, 0.15) is 49.1 Å². The molecule has 2 unspecified atom stereocenters. The standard InChI is InChI=1S/C16H23NO4/c1-4-11-7-14(21-13(11)5-2)15(18)17-8-10(3)6-12(9-17)16(19)20/h7,10,12H,4-6,8-9H2,1-3H3,(H,19,20). The van der Waals surface area contributed by atoms with Crippen molar-refractivity contribution >= 4 is 11.9 Å². The molecule has 1 aliphatic heterocycles. The summed E-state index contributed by atoms with van der Waals surface area (Å²) in [4.78, 5) is 25.4. The minimum absolute atomic E-state index is 0.190. The molecule has 0 aliphatic carbocycles. The van der Waals surface area contributed by atoms with E-state index in [1.807, 2.05) is 20.8 Å². The molecule has 2 rings (SSSR count). The van der Waals surface area contributed by atoms with Crippen molar-refractivity contribution in [1.82, 2.24) is 4.90 Å². The van der Waals surface area contributed by atoms with Gasteiger partial charge in [0.15, 0.2) is 5.76 Å². The van der Waals surface area contributed by atoms with Crippen LogP contribution in [0.4, 0.5) is 0 Å². The number of aliphatic carboxylic acids is 1. The number of likely N-dealkylation sites (tertiary alicyclic amines) is 1. The summed E-state index contributed by atoms with van der Waals surface area (Å²) in [6.07, 6.45) is 2.20. The van der Waals surface area contributed by atoms with Gasteiger partial charge in [-0.1, -0.05) is 20.8 Å². The molecule has 1 fully saturated rings. The van der Waals surface area contributed by atoms with Gasteiger partial charge in [0.05, 0.1) is 5.92 Å². The van der Waals surface area contributed by atoms with Gasteiger partial charge in [-0.25, -0.2) is 0 Å². The molecule has 1 saturated heterocycles. The predicted octanol–water partition coefficient (Wildman–Crippen LogP) is 2.59. The maximum Gasteiger partial charge on any atom is 0.308 e. The van der Waals surface area contributed by atoms with Crippen molar-refractivity contribution in [1.29, 1.82) is 0 Å². The highest BCUT2D eigenvalue weighted by Gasteiger charge is 2.33. The van der Waals surface area contributed by atoms with Crippen LogP contribution >= 0.6 is 0 Å². The van der Waals surface area contributed by atoms with Crippen LogP contribution in [0.25, 0.3) is 0 Å². The van der Waals surface area contributed by atoms with Crippen LogP contribution in [0.15, 0.2) is 10.5 Å². The minimum atomic E-state index is -0.831. The molecule has 1 amide bonds. The number of carboxylic acids is 1. The van der Waals surface area contributed by atoms with Crippen LogP contribution < -0.4 is 0 Å². The molecule has 1 aromatic heterocycles. The molecule has 1 N–H and O–H groups in total. The van der Waals surface area contributed by atoms with Gasteiger partial charge in [-0.2, -0.15) is 0 Å². The van der Waals surface area contributed by atoms with Crippen molar-refractivity contribution in [3.05, 3.63) is 23.2 Å². The van der Waals surface area contributed by atoms with Gasteiger partial charge in [0.25, 0.3) is 5.91 Å². The van der Waals surface area contributed by atoms with Gasteiger partial charge in [0, 0.05) is 19.5 Å². The number of rotatable bonds is 4. The molecule has 1 aliphatic rings. The summed E-state index contributed by atoms with van der Waals surface area (Å²) in [5.74, 6) is -0.133. The second kappa shape index (κ2) is 6.33. The van der Waals surface area contributed by atoms with Gasteiger partial charge in [0.1, 0.15) is 5.76 Å². The lowest BCUT2D eigenvalue weighted by Gasteiger charge is -2.34. The fraction of sp³-hybridized carbons (Fsp3) is 0.625. The molecular weight excluding hydrogens is 270 g/mol. The van der Waals surface area contributed by atoms with E-state index in [1.54, 1.807) is 11.0 Å². The van der Waals surface area contributed by atoms with E-state index in [4.69, 9.17) is 4.42 Å². The van der Waals surface area contributed by atoms with Gasteiger partial charge in [0.2, 0.25) is 0 Å². The Morgan fingerprint density at radius 3 is 2.57 bits per heavy atom. The molecule has 21 heavy (non-hydrogen) atoms. The average molecular weight is 293 g/mol. The molecule has 5 heteroatoms. The third kappa shape index (κ3) is 3.28. The van der Waals surface area contributed by atoms with Crippen LogP contribution in [0.2, 0.25) is 0 Å². The molecule has 5 nitrogen and oxygen atoms in total. The van der Waals surface area contributed by atoms with Crippen molar-refractivity contribution < 1.29 is 19.1 Å². The average Bonchev–Trinajstić information content (AvgIpc) is 2.88. The summed E-state index contributed by atoms with van der Waals surface area (Å²) >= 11 is 0. The smallest absolute Gasteiger partial charge is 0.308 e. The van der Waals surface area contributed by atoms with E-state index < -0.39 is 11.9 Å². The molecule has 2 atom stereocenters. The summed E-state index contributed by atoms with van der Waals surface area (Å²) < 4.78 is 5.66. The fourth-order valence-corrected chi connectivity index (χ4v) is 3.02. The van der Waals surface area contributed by atoms with E-state index >= 15 is 0 Å². The van der Waals surface area contributed by atoms with Crippen molar-refractivity contribution in [2.45, 2.75) is 40.0 Å². The zero-order valence-electron chi connectivity index (χ0n) is 12.9. The van der Waals surface area contributed by atoms with Gasteiger partial charge in [-0.15, -0.1) is 0 Å². The lowest BCUT2D eigenvalue weighted by atomic mass is 9.90. The van der Waals surface area contributed by atoms with Crippen LogP contribution in [-0.4, -0.2) is 35.0 Å². The van der Waals surface area contributed by atoms with Crippen molar-refractivity contribution in [3.63, 3.8) is 0 Å². The molecule has 0 radical (unpaired) electrons. The molecular formula is C16H23NO4. The number of hydrogen-bond acceptors (Lipinski definition) is 3. The topological polar surface area (TPSA) is 70.8 Å². The molecule has 1 aromatic rings. The van der Waals surface area contributed by atoms with Gasteiger partial charge >= 0.3 is 5.97 Å². The lowest BCUT2D eigenvalue weighted by molar-refractivity contribution is -0.143. The number of furan rings is 1. The third-order valence-electron chi connectivity index (χ3n) is 4.11. The lowest BCUT2D eigenvalue weighted by Crippen LogP contribution is -2.45.